The number of carbonyl (C=O) groups is 2. The number of anilines is 2. The minimum absolute atomic E-state index is 0.0360. The molecule has 0 atom stereocenters. The lowest BCUT2D eigenvalue weighted by atomic mass is 10.1. The zero-order valence-electron chi connectivity index (χ0n) is 14.7. The maximum absolute atomic E-state index is 12.1. The second-order valence-electron chi connectivity index (χ2n) is 5.93. The van der Waals surface area contributed by atoms with E-state index in [4.69, 9.17) is 10.5 Å². The van der Waals surface area contributed by atoms with E-state index in [0.717, 1.165) is 28.8 Å². The number of nitrogen functional groups attached to an aromatic ring is 1. The lowest BCUT2D eigenvalue weighted by molar-refractivity contribution is -0.384. The number of rotatable bonds is 5. The topological polar surface area (TPSA) is 125 Å². The van der Waals surface area contributed by atoms with E-state index in [0.29, 0.717) is 5.69 Å². The van der Waals surface area contributed by atoms with Gasteiger partial charge in [0.25, 0.3) is 11.6 Å². The number of nitrogens with one attached hydrogen (secondary N) is 1. The first-order valence-corrected chi connectivity index (χ1v) is 7.77. The van der Waals surface area contributed by atoms with Gasteiger partial charge in [0.15, 0.2) is 6.61 Å². The molecule has 1 amide bonds. The molecule has 3 N–H and O–H groups in total. The standard InChI is InChI=1S/C18H19N3O5/c1-10-6-11(2)17(12(3)7-10)20-16(22)9-26-18(23)14-5-4-13(21(24)25)8-15(14)19/h4-8H,9,19H2,1-3H3,(H,20,22). The normalized spacial score (nSPS) is 10.3. The SMILES string of the molecule is Cc1cc(C)c(NC(=O)COC(=O)c2ccc([N+](=O)[O-])cc2N)c(C)c1. The van der Waals surface area contributed by atoms with Gasteiger partial charge in [0, 0.05) is 17.8 Å². The van der Waals surface area contributed by atoms with Crippen LogP contribution >= 0.6 is 0 Å². The van der Waals surface area contributed by atoms with Gasteiger partial charge >= 0.3 is 5.97 Å². The Morgan fingerprint density at radius 3 is 2.31 bits per heavy atom. The summed E-state index contributed by atoms with van der Waals surface area (Å²) in [6, 6.07) is 7.28. The number of carbonyl (C=O) groups excluding carboxylic acids is 2. The summed E-state index contributed by atoms with van der Waals surface area (Å²) in [6.45, 7) is 5.21. The minimum atomic E-state index is -0.829. The van der Waals surface area contributed by atoms with Crippen LogP contribution in [0.25, 0.3) is 0 Å². The van der Waals surface area contributed by atoms with E-state index in [1.807, 2.05) is 32.9 Å². The van der Waals surface area contributed by atoms with Gasteiger partial charge in [-0.15, -0.1) is 0 Å². The average Bonchev–Trinajstić information content (AvgIpc) is 2.55. The van der Waals surface area contributed by atoms with Crippen LogP contribution in [0.5, 0.6) is 0 Å². The van der Waals surface area contributed by atoms with Crippen molar-refractivity contribution in [3.05, 3.63) is 62.7 Å². The molecule has 0 heterocycles. The number of benzene rings is 2. The Morgan fingerprint density at radius 1 is 1.15 bits per heavy atom. The van der Waals surface area contributed by atoms with Gasteiger partial charge in [-0.05, 0) is 38.0 Å². The summed E-state index contributed by atoms with van der Waals surface area (Å²) in [7, 11) is 0. The lowest BCUT2D eigenvalue weighted by Gasteiger charge is -2.13. The van der Waals surface area contributed by atoms with Crippen molar-refractivity contribution in [2.24, 2.45) is 0 Å². The van der Waals surface area contributed by atoms with Crippen molar-refractivity contribution in [2.75, 3.05) is 17.7 Å². The number of nitrogens with zero attached hydrogens (tertiary/aromatic N) is 1. The van der Waals surface area contributed by atoms with E-state index < -0.39 is 23.4 Å². The van der Waals surface area contributed by atoms with Gasteiger partial charge in [-0.25, -0.2) is 4.79 Å². The Morgan fingerprint density at radius 2 is 1.77 bits per heavy atom. The van der Waals surface area contributed by atoms with Gasteiger partial charge in [-0.2, -0.15) is 0 Å². The van der Waals surface area contributed by atoms with E-state index in [9.17, 15) is 19.7 Å². The second kappa shape index (κ2) is 7.64. The summed E-state index contributed by atoms with van der Waals surface area (Å²) in [4.78, 5) is 34.1. The van der Waals surface area contributed by atoms with Crippen molar-refractivity contribution < 1.29 is 19.2 Å². The minimum Gasteiger partial charge on any atom is -0.452 e. The summed E-state index contributed by atoms with van der Waals surface area (Å²) in [6.07, 6.45) is 0. The van der Waals surface area contributed by atoms with Crippen LogP contribution in [0.1, 0.15) is 27.0 Å². The van der Waals surface area contributed by atoms with Gasteiger partial charge in [0.05, 0.1) is 16.2 Å². The van der Waals surface area contributed by atoms with Crippen LogP contribution in [0.3, 0.4) is 0 Å². The van der Waals surface area contributed by atoms with Crippen LogP contribution in [0, 0.1) is 30.9 Å². The first-order chi connectivity index (χ1) is 12.2. The van der Waals surface area contributed by atoms with E-state index in [1.54, 1.807) is 0 Å². The van der Waals surface area contributed by atoms with Crippen LogP contribution in [0.4, 0.5) is 17.1 Å². The van der Waals surface area contributed by atoms with E-state index in [1.165, 1.54) is 6.07 Å². The highest BCUT2D eigenvalue weighted by Gasteiger charge is 2.17. The Kier molecular flexibility index (Phi) is 5.56. The third-order valence-electron chi connectivity index (χ3n) is 3.74. The van der Waals surface area contributed by atoms with Gasteiger partial charge in [-0.1, -0.05) is 17.7 Å². The number of ether oxygens (including phenoxy) is 1. The molecule has 0 saturated carbocycles. The summed E-state index contributed by atoms with van der Waals surface area (Å²) in [5.74, 6) is -1.32. The van der Waals surface area contributed by atoms with Crippen molar-refractivity contribution >= 4 is 28.9 Å². The molecule has 0 aliphatic heterocycles. The molecule has 2 aromatic rings. The zero-order chi connectivity index (χ0) is 19.4. The molecule has 2 aromatic carbocycles. The lowest BCUT2D eigenvalue weighted by Crippen LogP contribution is -2.22. The fourth-order valence-electron chi connectivity index (χ4n) is 2.61. The van der Waals surface area contributed by atoms with Crippen molar-refractivity contribution in [1.82, 2.24) is 0 Å². The largest absolute Gasteiger partial charge is 0.452 e. The molecule has 0 aliphatic rings. The maximum atomic E-state index is 12.1. The summed E-state index contributed by atoms with van der Waals surface area (Å²) < 4.78 is 4.95. The average molecular weight is 357 g/mol. The van der Waals surface area contributed by atoms with Crippen LogP contribution in [-0.4, -0.2) is 23.4 Å². The molecule has 8 heteroatoms. The summed E-state index contributed by atoms with van der Waals surface area (Å²) in [5.41, 5.74) is 8.84. The van der Waals surface area contributed by atoms with Crippen LogP contribution < -0.4 is 11.1 Å². The van der Waals surface area contributed by atoms with E-state index in [-0.39, 0.29) is 16.9 Å². The highest BCUT2D eigenvalue weighted by molar-refractivity contribution is 5.99. The summed E-state index contributed by atoms with van der Waals surface area (Å²) in [5, 5.41) is 13.4. The van der Waals surface area contributed by atoms with E-state index >= 15 is 0 Å². The van der Waals surface area contributed by atoms with Crippen molar-refractivity contribution in [3.8, 4) is 0 Å². The van der Waals surface area contributed by atoms with Crippen LogP contribution in [0.2, 0.25) is 0 Å². The van der Waals surface area contributed by atoms with Gasteiger partial charge in [0.2, 0.25) is 0 Å². The number of hydrogen-bond acceptors (Lipinski definition) is 6. The number of aryl methyl sites for hydroxylation is 3. The van der Waals surface area contributed by atoms with Gasteiger partial charge < -0.3 is 15.8 Å². The molecule has 0 bridgehead atoms. The maximum Gasteiger partial charge on any atom is 0.340 e. The number of nitro groups is 1. The molecule has 0 radical (unpaired) electrons. The van der Waals surface area contributed by atoms with Crippen LogP contribution in [0.15, 0.2) is 30.3 Å². The predicted octanol–water partition coefficient (Wildman–Crippen LogP) is 2.90. The van der Waals surface area contributed by atoms with Crippen molar-refractivity contribution in [2.45, 2.75) is 20.8 Å². The predicted molar refractivity (Wildman–Crippen MR) is 97.1 cm³/mol. The Bertz CT molecular complexity index is 869. The Labute approximate surface area is 150 Å². The fourth-order valence-corrected chi connectivity index (χ4v) is 2.61. The molecule has 0 unspecified atom stereocenters. The molecule has 0 aromatic heterocycles. The smallest absolute Gasteiger partial charge is 0.340 e. The molecule has 0 saturated heterocycles. The Balaban J connectivity index is 2.01. The quantitative estimate of drug-likeness (QED) is 0.367. The number of amides is 1. The zero-order valence-corrected chi connectivity index (χ0v) is 14.7. The van der Waals surface area contributed by atoms with Gasteiger partial charge in [0.1, 0.15) is 0 Å². The fraction of sp³-hybridized carbons (Fsp3) is 0.222. The second-order valence-corrected chi connectivity index (χ2v) is 5.93. The molecule has 0 aliphatic carbocycles. The number of nitrogens with two attached hydrogens (primary N) is 1. The number of non-ortho nitro benzene ring substituents is 1. The number of hydrogen-bond donors (Lipinski definition) is 2. The highest BCUT2D eigenvalue weighted by atomic mass is 16.6. The van der Waals surface area contributed by atoms with Crippen molar-refractivity contribution in [1.29, 1.82) is 0 Å². The molecule has 0 spiro atoms. The third-order valence-corrected chi connectivity index (χ3v) is 3.74. The van der Waals surface area contributed by atoms with Crippen molar-refractivity contribution in [3.63, 3.8) is 0 Å². The molecule has 0 fully saturated rings. The Hall–Kier alpha value is -3.42. The molecule has 26 heavy (non-hydrogen) atoms. The third kappa shape index (κ3) is 4.35. The number of esters is 1. The monoisotopic (exact) mass is 357 g/mol. The van der Waals surface area contributed by atoms with Gasteiger partial charge in [-0.3, -0.25) is 14.9 Å². The molecular formula is C18H19N3O5. The molecular weight excluding hydrogens is 338 g/mol. The first kappa shape index (κ1) is 18.9. The van der Waals surface area contributed by atoms with Crippen LogP contribution in [-0.2, 0) is 9.53 Å². The molecule has 136 valence electrons. The molecule has 2 rings (SSSR count). The highest BCUT2D eigenvalue weighted by Crippen LogP contribution is 2.22. The first-order valence-electron chi connectivity index (χ1n) is 7.77. The summed E-state index contributed by atoms with van der Waals surface area (Å²) >= 11 is 0. The van der Waals surface area contributed by atoms with E-state index in [2.05, 4.69) is 5.32 Å². The molecule has 8 nitrogen and oxygen atoms in total. The number of nitro benzene ring substituents is 1.